The molecule has 0 bridgehead atoms. The average Bonchev–Trinajstić information content (AvgIpc) is 2.85. The number of nitrogens with two attached hydrogens (primary N) is 1. The molecule has 4 nitrogen and oxygen atoms in total. The molecule has 1 atom stereocenters. The predicted molar refractivity (Wildman–Crippen MR) is 80.7 cm³/mol. The molecule has 1 heterocycles. The van der Waals surface area contributed by atoms with E-state index in [1.165, 1.54) is 5.56 Å². The number of nitrogens with zero attached hydrogens (tertiary/aromatic N) is 2. The quantitative estimate of drug-likeness (QED) is 0.880. The Morgan fingerprint density at radius 2 is 2.05 bits per heavy atom. The van der Waals surface area contributed by atoms with E-state index in [2.05, 4.69) is 25.0 Å². The third-order valence-corrected chi connectivity index (χ3v) is 3.04. The first-order chi connectivity index (χ1) is 9.54. The van der Waals surface area contributed by atoms with Crippen LogP contribution in [0.15, 0.2) is 36.5 Å². The number of ether oxygens (including phenoxy) is 1. The van der Waals surface area contributed by atoms with Gasteiger partial charge >= 0.3 is 0 Å². The summed E-state index contributed by atoms with van der Waals surface area (Å²) in [7, 11) is 0. The van der Waals surface area contributed by atoms with Crippen molar-refractivity contribution in [3.8, 4) is 5.75 Å². The largest absolute Gasteiger partial charge is 0.487 e. The van der Waals surface area contributed by atoms with Crippen molar-refractivity contribution in [1.29, 1.82) is 0 Å². The van der Waals surface area contributed by atoms with E-state index in [4.69, 9.17) is 10.5 Å². The summed E-state index contributed by atoms with van der Waals surface area (Å²) >= 11 is 0. The van der Waals surface area contributed by atoms with Crippen LogP contribution in [0, 0.1) is 0 Å². The molecule has 2 aromatic rings. The van der Waals surface area contributed by atoms with Gasteiger partial charge in [-0.1, -0.05) is 12.1 Å². The molecule has 0 amide bonds. The number of rotatable bonds is 6. The van der Waals surface area contributed by atoms with E-state index < -0.39 is 0 Å². The van der Waals surface area contributed by atoms with Gasteiger partial charge in [-0.3, -0.25) is 4.68 Å². The maximum atomic E-state index is 5.82. The van der Waals surface area contributed by atoms with Gasteiger partial charge in [-0.15, -0.1) is 0 Å². The molecule has 1 aromatic carbocycles. The smallest absolute Gasteiger partial charge is 0.132 e. The molecule has 1 aromatic heterocycles. The molecule has 0 saturated carbocycles. The monoisotopic (exact) mass is 273 g/mol. The third-order valence-electron chi connectivity index (χ3n) is 3.04. The lowest BCUT2D eigenvalue weighted by molar-refractivity contribution is 0.298. The van der Waals surface area contributed by atoms with Crippen molar-refractivity contribution in [2.24, 2.45) is 5.73 Å². The van der Waals surface area contributed by atoms with Crippen LogP contribution in [0.1, 0.15) is 38.1 Å². The van der Waals surface area contributed by atoms with Crippen molar-refractivity contribution in [1.82, 2.24) is 9.78 Å². The molecule has 108 valence electrons. The van der Waals surface area contributed by atoms with Crippen LogP contribution in [0.25, 0.3) is 0 Å². The van der Waals surface area contributed by atoms with Crippen molar-refractivity contribution in [2.45, 2.75) is 45.9 Å². The summed E-state index contributed by atoms with van der Waals surface area (Å²) in [6, 6.07) is 10.6. The normalized spacial score (nSPS) is 12.7. The molecule has 1 unspecified atom stereocenters. The fourth-order valence-corrected chi connectivity index (χ4v) is 2.03. The number of hydrogen-bond donors (Lipinski definition) is 1. The summed E-state index contributed by atoms with van der Waals surface area (Å²) in [6.45, 7) is 6.71. The van der Waals surface area contributed by atoms with Crippen molar-refractivity contribution >= 4 is 0 Å². The maximum absolute atomic E-state index is 5.82. The fraction of sp³-hybridized carbons (Fsp3) is 0.438. The number of benzene rings is 1. The molecule has 0 fully saturated rings. The van der Waals surface area contributed by atoms with Crippen LogP contribution in [0.5, 0.6) is 5.75 Å². The Balaban J connectivity index is 1.96. The number of hydrogen-bond acceptors (Lipinski definition) is 3. The molecule has 0 aliphatic heterocycles. The second-order valence-electron chi connectivity index (χ2n) is 5.50. The summed E-state index contributed by atoms with van der Waals surface area (Å²) < 4.78 is 7.73. The van der Waals surface area contributed by atoms with Gasteiger partial charge in [-0.25, -0.2) is 0 Å². The Morgan fingerprint density at radius 3 is 2.70 bits per heavy atom. The minimum atomic E-state index is 0.159. The van der Waals surface area contributed by atoms with E-state index in [0.29, 0.717) is 12.6 Å². The van der Waals surface area contributed by atoms with Crippen LogP contribution in [0.2, 0.25) is 0 Å². The molecule has 20 heavy (non-hydrogen) atoms. The molecular formula is C16H23N3O. The van der Waals surface area contributed by atoms with Gasteiger partial charge in [0.2, 0.25) is 0 Å². The highest BCUT2D eigenvalue weighted by Crippen LogP contribution is 2.16. The summed E-state index contributed by atoms with van der Waals surface area (Å²) in [5, 5.41) is 4.47. The van der Waals surface area contributed by atoms with Crippen molar-refractivity contribution in [3.63, 3.8) is 0 Å². The van der Waals surface area contributed by atoms with Crippen LogP contribution in [-0.2, 0) is 13.0 Å². The Bertz CT molecular complexity index is 546. The van der Waals surface area contributed by atoms with E-state index in [1.807, 2.05) is 42.1 Å². The lowest BCUT2D eigenvalue weighted by atomic mass is 10.1. The Kier molecular flexibility index (Phi) is 4.79. The molecule has 0 aliphatic carbocycles. The third kappa shape index (κ3) is 4.10. The summed E-state index contributed by atoms with van der Waals surface area (Å²) in [4.78, 5) is 0. The van der Waals surface area contributed by atoms with Gasteiger partial charge in [-0.05, 0) is 51.0 Å². The molecule has 0 aliphatic rings. The SMILES string of the molecule is CC(N)Cc1cccc(OCc2ccn(C(C)C)n2)c1. The van der Waals surface area contributed by atoms with Crippen molar-refractivity contribution in [2.75, 3.05) is 0 Å². The van der Waals surface area contributed by atoms with Crippen LogP contribution in [0.3, 0.4) is 0 Å². The van der Waals surface area contributed by atoms with Gasteiger partial charge in [0.25, 0.3) is 0 Å². The maximum Gasteiger partial charge on any atom is 0.132 e. The van der Waals surface area contributed by atoms with Crippen molar-refractivity contribution in [3.05, 3.63) is 47.8 Å². The van der Waals surface area contributed by atoms with Gasteiger partial charge in [0, 0.05) is 18.3 Å². The lowest BCUT2D eigenvalue weighted by Gasteiger charge is -2.09. The van der Waals surface area contributed by atoms with Crippen LogP contribution in [-0.4, -0.2) is 15.8 Å². The Labute approximate surface area is 120 Å². The lowest BCUT2D eigenvalue weighted by Crippen LogP contribution is -2.17. The first kappa shape index (κ1) is 14.6. The zero-order valence-electron chi connectivity index (χ0n) is 12.4. The second-order valence-corrected chi connectivity index (χ2v) is 5.50. The topological polar surface area (TPSA) is 53.1 Å². The van der Waals surface area contributed by atoms with Gasteiger partial charge in [0.15, 0.2) is 0 Å². The Hall–Kier alpha value is -1.81. The minimum Gasteiger partial charge on any atom is -0.487 e. The summed E-state index contributed by atoms with van der Waals surface area (Å²) in [6.07, 6.45) is 2.84. The standard InChI is InChI=1S/C16H23N3O/c1-12(2)19-8-7-15(18-19)11-20-16-6-4-5-14(10-16)9-13(3)17/h4-8,10,12-13H,9,11,17H2,1-3H3. The molecule has 0 spiro atoms. The van der Waals surface area contributed by atoms with Crippen LogP contribution in [0.4, 0.5) is 0 Å². The second kappa shape index (κ2) is 6.57. The van der Waals surface area contributed by atoms with Crippen LogP contribution >= 0.6 is 0 Å². The molecule has 4 heteroatoms. The van der Waals surface area contributed by atoms with Gasteiger partial charge < -0.3 is 10.5 Å². The predicted octanol–water partition coefficient (Wildman–Crippen LogP) is 2.93. The molecule has 0 saturated heterocycles. The summed E-state index contributed by atoms with van der Waals surface area (Å²) in [5.74, 6) is 0.863. The molecular weight excluding hydrogens is 250 g/mol. The van der Waals surface area contributed by atoms with E-state index in [9.17, 15) is 0 Å². The zero-order chi connectivity index (χ0) is 14.5. The van der Waals surface area contributed by atoms with Gasteiger partial charge in [-0.2, -0.15) is 5.10 Å². The highest BCUT2D eigenvalue weighted by atomic mass is 16.5. The van der Waals surface area contributed by atoms with E-state index >= 15 is 0 Å². The van der Waals surface area contributed by atoms with E-state index in [1.54, 1.807) is 0 Å². The fourth-order valence-electron chi connectivity index (χ4n) is 2.03. The molecule has 2 rings (SSSR count). The first-order valence-electron chi connectivity index (χ1n) is 7.06. The van der Waals surface area contributed by atoms with Crippen LogP contribution < -0.4 is 10.5 Å². The van der Waals surface area contributed by atoms with E-state index in [0.717, 1.165) is 17.9 Å². The van der Waals surface area contributed by atoms with E-state index in [-0.39, 0.29) is 6.04 Å². The highest BCUT2D eigenvalue weighted by molar-refractivity contribution is 5.29. The van der Waals surface area contributed by atoms with Gasteiger partial charge in [0.05, 0.1) is 5.69 Å². The van der Waals surface area contributed by atoms with Crippen molar-refractivity contribution < 1.29 is 4.74 Å². The number of aromatic nitrogens is 2. The molecule has 2 N–H and O–H groups in total. The highest BCUT2D eigenvalue weighted by Gasteiger charge is 2.04. The minimum absolute atomic E-state index is 0.159. The summed E-state index contributed by atoms with van der Waals surface area (Å²) in [5.41, 5.74) is 7.96. The average molecular weight is 273 g/mol. The Morgan fingerprint density at radius 1 is 1.25 bits per heavy atom. The zero-order valence-corrected chi connectivity index (χ0v) is 12.4. The van der Waals surface area contributed by atoms with Gasteiger partial charge in [0.1, 0.15) is 12.4 Å². The molecule has 0 radical (unpaired) electrons. The first-order valence-corrected chi connectivity index (χ1v) is 7.06.